The Morgan fingerprint density at radius 3 is 2.89 bits per heavy atom. The Morgan fingerprint density at radius 1 is 1.78 bits per heavy atom. The number of carbonyl (C=O) groups is 1. The maximum absolute atomic E-state index is 10.2. The Kier molecular flexibility index (Phi) is 2.09. The van der Waals surface area contributed by atoms with Gasteiger partial charge in [-0.25, -0.2) is 0 Å². The summed E-state index contributed by atoms with van der Waals surface area (Å²) in [4.78, 5) is 12.2. The molecule has 0 aromatic rings. The van der Waals surface area contributed by atoms with Crippen LogP contribution in [0.5, 0.6) is 0 Å². The van der Waals surface area contributed by atoms with Crippen LogP contribution >= 0.6 is 0 Å². The summed E-state index contributed by atoms with van der Waals surface area (Å²) in [6.07, 6.45) is 3.44. The molecule has 1 rings (SSSR count). The second kappa shape index (κ2) is 2.85. The van der Waals surface area contributed by atoms with E-state index in [1.54, 1.807) is 12.2 Å². The Morgan fingerprint density at radius 2 is 2.56 bits per heavy atom. The molecule has 0 bridgehead atoms. The molecule has 0 aliphatic carbocycles. The van der Waals surface area contributed by atoms with Crippen LogP contribution in [-0.2, 0) is 4.79 Å². The first-order chi connectivity index (χ1) is 4.30. The predicted molar refractivity (Wildman–Crippen MR) is 35.4 cm³/mol. The van der Waals surface area contributed by atoms with Crippen molar-refractivity contribution in [3.63, 3.8) is 0 Å². The molecular weight excluding hydrogens is 183 g/mol. The van der Waals surface area contributed by atoms with E-state index in [1.165, 1.54) is 0 Å². The van der Waals surface area contributed by atoms with Crippen LogP contribution in [0.25, 0.3) is 0 Å². The maximum atomic E-state index is 10.2. The van der Waals surface area contributed by atoms with Gasteiger partial charge in [0.1, 0.15) is 0 Å². The van der Waals surface area contributed by atoms with Crippen LogP contribution in [0.3, 0.4) is 0 Å². The van der Waals surface area contributed by atoms with Crippen LogP contribution in [0.15, 0.2) is 22.7 Å². The van der Waals surface area contributed by atoms with Crippen molar-refractivity contribution in [3.8, 4) is 0 Å². The molecule has 0 fully saturated rings. The van der Waals surface area contributed by atoms with Crippen molar-refractivity contribution in [2.45, 2.75) is 5.32 Å². The van der Waals surface area contributed by atoms with Crippen LogP contribution in [0, 0.1) is 0 Å². The molecule has 48 valence electrons. The summed E-state index contributed by atoms with van der Waals surface area (Å²) in [5.41, 5.74) is 0.433. The quantitative estimate of drug-likeness (QED) is 0.615. The van der Waals surface area contributed by atoms with Crippen molar-refractivity contribution in [3.05, 3.63) is 22.7 Å². The first-order valence-corrected chi connectivity index (χ1v) is 4.72. The second-order valence-corrected chi connectivity index (χ2v) is 3.57. The first kappa shape index (κ1) is 6.59. The zero-order valence-corrected chi connectivity index (χ0v) is 6.42. The first-order valence-electron chi connectivity index (χ1n) is 2.52. The number of allylic oxidation sites excluding steroid dienone is 1. The van der Waals surface area contributed by atoms with Gasteiger partial charge in [0.25, 0.3) is 0 Å². The second-order valence-electron chi connectivity index (χ2n) is 1.60. The normalized spacial score (nSPS) is 17.1. The average molecular weight is 189 g/mol. The van der Waals surface area contributed by atoms with Gasteiger partial charge in [0.05, 0.1) is 0 Å². The molecule has 0 atom stereocenters. The van der Waals surface area contributed by atoms with Gasteiger partial charge < -0.3 is 0 Å². The molecule has 2 nitrogen and oxygen atoms in total. The van der Waals surface area contributed by atoms with Crippen molar-refractivity contribution in [1.29, 1.82) is 0 Å². The van der Waals surface area contributed by atoms with Crippen LogP contribution in [-0.4, -0.2) is 26.0 Å². The van der Waals surface area contributed by atoms with Gasteiger partial charge in [0.2, 0.25) is 0 Å². The van der Waals surface area contributed by atoms with E-state index in [0.29, 0.717) is 20.5 Å². The minimum atomic E-state index is -0.818. The van der Waals surface area contributed by atoms with E-state index in [2.05, 4.69) is 0 Å². The monoisotopic (exact) mass is 190 g/mol. The molecule has 1 heterocycles. The molecule has 1 N–H and O–H groups in total. The average Bonchev–Trinajstić information content (AvgIpc) is 1.90. The molecule has 1 aliphatic rings. The number of rotatable bonds is 1. The van der Waals surface area contributed by atoms with Gasteiger partial charge in [-0.2, -0.15) is 0 Å². The molecule has 3 heteroatoms. The molecule has 0 saturated carbocycles. The summed E-state index contributed by atoms with van der Waals surface area (Å²) in [6, 6.07) is 0. The Hall–Kier alpha value is -0.531. The summed E-state index contributed by atoms with van der Waals surface area (Å²) in [7, 11) is 0. The van der Waals surface area contributed by atoms with Crippen LogP contribution in [0.2, 0.25) is 5.32 Å². The molecule has 0 saturated heterocycles. The summed E-state index contributed by atoms with van der Waals surface area (Å²) in [5, 5.41) is 9.35. The van der Waals surface area contributed by atoms with Crippen molar-refractivity contribution in [2.24, 2.45) is 0 Å². The Labute approximate surface area is 59.4 Å². The molecule has 0 amide bonds. The van der Waals surface area contributed by atoms with Crippen LogP contribution < -0.4 is 0 Å². The molecule has 1 aliphatic heterocycles. The third-order valence-electron chi connectivity index (χ3n) is 0.990. The van der Waals surface area contributed by atoms with Crippen molar-refractivity contribution < 1.29 is 9.90 Å². The molecule has 0 aromatic heterocycles. The van der Waals surface area contributed by atoms with Gasteiger partial charge >= 0.3 is 58.8 Å². The van der Waals surface area contributed by atoms with Gasteiger partial charge in [-0.15, -0.1) is 0 Å². The molecule has 0 spiro atoms. The van der Waals surface area contributed by atoms with E-state index in [9.17, 15) is 4.79 Å². The molecule has 0 aromatic carbocycles. The van der Waals surface area contributed by atoms with E-state index >= 15 is 0 Å². The zero-order chi connectivity index (χ0) is 6.69. The molecular formula is C6H6O2Se. The topological polar surface area (TPSA) is 37.3 Å². The fourth-order valence-electron chi connectivity index (χ4n) is 0.542. The van der Waals surface area contributed by atoms with Gasteiger partial charge in [0, 0.05) is 0 Å². The number of hydrogen-bond acceptors (Lipinski definition) is 1. The van der Waals surface area contributed by atoms with Crippen molar-refractivity contribution >= 4 is 20.9 Å². The van der Waals surface area contributed by atoms with Crippen molar-refractivity contribution in [1.82, 2.24) is 0 Å². The zero-order valence-electron chi connectivity index (χ0n) is 4.70. The molecule has 0 unspecified atom stereocenters. The Bertz CT molecular complexity index is 181. The van der Waals surface area contributed by atoms with Crippen molar-refractivity contribution in [2.75, 3.05) is 0 Å². The summed E-state index contributed by atoms with van der Waals surface area (Å²) >= 11 is 0.499. The number of carboxylic acids is 1. The van der Waals surface area contributed by atoms with Crippen LogP contribution in [0.1, 0.15) is 0 Å². The summed E-state index contributed by atoms with van der Waals surface area (Å²) < 4.78 is 0. The summed E-state index contributed by atoms with van der Waals surface area (Å²) in [6.45, 7) is 0. The minimum absolute atomic E-state index is 0.433. The van der Waals surface area contributed by atoms with E-state index in [1.807, 2.05) is 4.97 Å². The third-order valence-corrected chi connectivity index (χ3v) is 2.43. The fraction of sp³-hybridized carbons (Fsp3) is 0.167. The van der Waals surface area contributed by atoms with Gasteiger partial charge in [0.15, 0.2) is 0 Å². The van der Waals surface area contributed by atoms with E-state index in [-0.39, 0.29) is 0 Å². The molecule has 0 radical (unpaired) electrons. The van der Waals surface area contributed by atoms with E-state index in [0.717, 1.165) is 5.32 Å². The van der Waals surface area contributed by atoms with Gasteiger partial charge in [-0.3, -0.25) is 0 Å². The standard InChI is InChI=1S/C6H6O2Se/c7-6(8)5-1-3-9-4-2-5/h1-3H,4H2,(H,7,8). The summed E-state index contributed by atoms with van der Waals surface area (Å²) in [5.74, 6) is -0.818. The SMILES string of the molecule is O=C(O)C1=CC[Se]C=C1. The third kappa shape index (κ3) is 1.70. The van der Waals surface area contributed by atoms with E-state index < -0.39 is 5.97 Å². The van der Waals surface area contributed by atoms with E-state index in [4.69, 9.17) is 5.11 Å². The van der Waals surface area contributed by atoms with Gasteiger partial charge in [-0.1, -0.05) is 0 Å². The molecule has 9 heavy (non-hydrogen) atoms. The van der Waals surface area contributed by atoms with Gasteiger partial charge in [-0.05, 0) is 0 Å². The predicted octanol–water partition coefficient (Wildman–Crippen LogP) is 0.647. The fourth-order valence-corrected chi connectivity index (χ4v) is 1.86. The van der Waals surface area contributed by atoms with Crippen LogP contribution in [0.4, 0.5) is 0 Å². The number of aliphatic carboxylic acids is 1. The Balaban J connectivity index is 2.69. The number of carboxylic acid groups (broad SMARTS) is 1. The number of hydrogen-bond donors (Lipinski definition) is 1.